The van der Waals surface area contributed by atoms with Gasteiger partial charge in [0.2, 0.25) is 0 Å². The first-order valence-electron chi connectivity index (χ1n) is 4.91. The van der Waals surface area contributed by atoms with Crippen molar-refractivity contribution in [3.63, 3.8) is 0 Å². The number of methoxy groups -OCH3 is 1. The molecular weight excluding hydrogens is 208 g/mol. The summed E-state index contributed by atoms with van der Waals surface area (Å²) in [6, 6.07) is 10.3. The van der Waals surface area contributed by atoms with E-state index in [0.29, 0.717) is 5.92 Å². The molecule has 1 aliphatic rings. The molecule has 0 unspecified atom stereocenters. The summed E-state index contributed by atoms with van der Waals surface area (Å²) in [6.45, 7) is 0. The van der Waals surface area contributed by atoms with Crippen molar-refractivity contribution in [3.8, 4) is 0 Å². The first-order valence-corrected chi connectivity index (χ1v) is 5.29. The molecule has 0 fully saturated rings. The van der Waals surface area contributed by atoms with Gasteiger partial charge >= 0.3 is 0 Å². The summed E-state index contributed by atoms with van der Waals surface area (Å²) in [4.78, 5) is 0. The second-order valence-corrected chi connectivity index (χ2v) is 4.15. The largest absolute Gasteiger partial charge is 0.356 e. The molecule has 0 saturated carbocycles. The Bertz CT molecular complexity index is 367. The number of allylic oxidation sites excluding steroid dienone is 2. The minimum Gasteiger partial charge on any atom is -0.356 e. The van der Waals surface area contributed by atoms with Gasteiger partial charge in [0.15, 0.2) is 5.06 Å². The second kappa shape index (κ2) is 4.21. The molecule has 0 saturated heterocycles. The smallest absolute Gasteiger partial charge is 0.179 e. The maximum Gasteiger partial charge on any atom is 0.179 e. The maximum absolute atomic E-state index is 6.12. The van der Waals surface area contributed by atoms with Crippen molar-refractivity contribution in [2.24, 2.45) is 0 Å². The van der Waals surface area contributed by atoms with Crippen LogP contribution in [0.5, 0.6) is 0 Å². The summed E-state index contributed by atoms with van der Waals surface area (Å²) in [5.74, 6) is 0.299. The number of ether oxygens (including phenoxy) is 1. The fourth-order valence-corrected chi connectivity index (χ4v) is 1.77. The molecule has 0 N–H and O–H groups in total. The number of rotatable bonds is 2. The second-order valence-electron chi connectivity index (χ2n) is 3.56. The van der Waals surface area contributed by atoms with Crippen LogP contribution >= 0.6 is 11.6 Å². The lowest BCUT2D eigenvalue weighted by Crippen LogP contribution is -2.20. The van der Waals surface area contributed by atoms with Crippen LogP contribution in [0.4, 0.5) is 0 Å². The minimum atomic E-state index is -0.759. The van der Waals surface area contributed by atoms with E-state index in [4.69, 9.17) is 16.3 Å². The summed E-state index contributed by atoms with van der Waals surface area (Å²) in [6.07, 6.45) is 7.89. The lowest BCUT2D eigenvalue weighted by atomic mass is 9.94. The van der Waals surface area contributed by atoms with Crippen molar-refractivity contribution in [1.29, 1.82) is 0 Å². The third kappa shape index (κ3) is 2.31. The van der Waals surface area contributed by atoms with E-state index in [-0.39, 0.29) is 0 Å². The van der Waals surface area contributed by atoms with Crippen molar-refractivity contribution < 1.29 is 4.74 Å². The summed E-state index contributed by atoms with van der Waals surface area (Å²) < 4.78 is 5.15. The average Bonchev–Trinajstić information content (AvgIpc) is 2.31. The molecule has 0 spiro atoms. The summed E-state index contributed by atoms with van der Waals surface area (Å²) in [7, 11) is 1.60. The Kier molecular flexibility index (Phi) is 2.94. The lowest BCUT2D eigenvalue weighted by Gasteiger charge is -2.23. The molecule has 2 rings (SSSR count). The van der Waals surface area contributed by atoms with Crippen molar-refractivity contribution in [3.05, 3.63) is 60.2 Å². The summed E-state index contributed by atoms with van der Waals surface area (Å²) in [5, 5.41) is -0.759. The first kappa shape index (κ1) is 10.5. The lowest BCUT2D eigenvalue weighted by molar-refractivity contribution is 0.142. The summed E-state index contributed by atoms with van der Waals surface area (Å²) >= 11 is 6.12. The van der Waals surface area contributed by atoms with Crippen molar-refractivity contribution in [2.45, 2.75) is 11.0 Å². The molecule has 1 aromatic carbocycles. The van der Waals surface area contributed by atoms with Crippen molar-refractivity contribution in [1.82, 2.24) is 0 Å². The zero-order chi connectivity index (χ0) is 10.7. The third-order valence-electron chi connectivity index (χ3n) is 2.56. The molecule has 0 amide bonds. The first-order chi connectivity index (χ1) is 7.23. The van der Waals surface area contributed by atoms with E-state index in [9.17, 15) is 0 Å². The van der Waals surface area contributed by atoms with Crippen LogP contribution in [0.15, 0.2) is 54.6 Å². The molecule has 78 valence electrons. The Labute approximate surface area is 95.0 Å². The number of hydrogen-bond acceptors (Lipinski definition) is 1. The Morgan fingerprint density at radius 2 is 1.73 bits per heavy atom. The molecule has 0 radical (unpaired) electrons. The molecule has 15 heavy (non-hydrogen) atoms. The number of alkyl halides is 1. The van der Waals surface area contributed by atoms with Gasteiger partial charge in [-0.05, 0) is 17.7 Å². The highest BCUT2D eigenvalue weighted by Crippen LogP contribution is 2.30. The Hall–Kier alpha value is -1.05. The van der Waals surface area contributed by atoms with Crippen LogP contribution in [0.1, 0.15) is 11.5 Å². The summed E-state index contributed by atoms with van der Waals surface area (Å²) in [5.41, 5.74) is 1.26. The topological polar surface area (TPSA) is 9.23 Å². The fourth-order valence-electron chi connectivity index (χ4n) is 1.62. The van der Waals surface area contributed by atoms with Gasteiger partial charge in [0, 0.05) is 13.0 Å². The Balaban J connectivity index is 2.18. The van der Waals surface area contributed by atoms with Crippen LogP contribution in [0, 0.1) is 0 Å². The van der Waals surface area contributed by atoms with E-state index in [1.54, 1.807) is 7.11 Å². The molecular formula is C13H13ClO. The van der Waals surface area contributed by atoms with Gasteiger partial charge in [0.25, 0.3) is 0 Å². The predicted molar refractivity (Wildman–Crippen MR) is 63.1 cm³/mol. The molecule has 0 atom stereocenters. The van der Waals surface area contributed by atoms with E-state index in [0.717, 1.165) is 0 Å². The monoisotopic (exact) mass is 220 g/mol. The van der Waals surface area contributed by atoms with Gasteiger partial charge < -0.3 is 4.74 Å². The predicted octanol–water partition coefficient (Wildman–Crippen LogP) is 3.48. The van der Waals surface area contributed by atoms with E-state index >= 15 is 0 Å². The van der Waals surface area contributed by atoms with Gasteiger partial charge in [-0.3, -0.25) is 0 Å². The van der Waals surface area contributed by atoms with Crippen molar-refractivity contribution >= 4 is 11.6 Å². The number of halogens is 1. The van der Waals surface area contributed by atoms with Gasteiger partial charge in [-0.25, -0.2) is 0 Å². The molecule has 1 aliphatic carbocycles. The molecule has 1 aromatic rings. The molecule has 0 aromatic heterocycles. The quantitative estimate of drug-likeness (QED) is 0.548. The van der Waals surface area contributed by atoms with Crippen LogP contribution < -0.4 is 0 Å². The SMILES string of the molecule is COC1(Cl)C=CC(c2ccccc2)C=C1. The molecule has 0 heterocycles. The van der Waals surface area contributed by atoms with E-state index < -0.39 is 5.06 Å². The van der Waals surface area contributed by atoms with Crippen molar-refractivity contribution in [2.75, 3.05) is 7.11 Å². The van der Waals surface area contributed by atoms with Crippen LogP contribution in [0.2, 0.25) is 0 Å². The third-order valence-corrected chi connectivity index (χ3v) is 2.97. The zero-order valence-electron chi connectivity index (χ0n) is 8.56. The van der Waals surface area contributed by atoms with Gasteiger partial charge in [0.05, 0.1) is 0 Å². The Morgan fingerprint density at radius 3 is 2.27 bits per heavy atom. The van der Waals surface area contributed by atoms with Crippen LogP contribution in [-0.4, -0.2) is 12.2 Å². The highest BCUT2D eigenvalue weighted by Gasteiger charge is 2.23. The zero-order valence-corrected chi connectivity index (χ0v) is 9.32. The minimum absolute atomic E-state index is 0.299. The fraction of sp³-hybridized carbons (Fsp3) is 0.231. The molecule has 2 heteroatoms. The normalized spacial score (nSPS) is 29.3. The number of hydrogen-bond donors (Lipinski definition) is 0. The van der Waals surface area contributed by atoms with Crippen LogP contribution in [0.3, 0.4) is 0 Å². The highest BCUT2D eigenvalue weighted by atomic mass is 35.5. The van der Waals surface area contributed by atoms with E-state index in [1.165, 1.54) is 5.56 Å². The standard InChI is InChI=1S/C13H13ClO/c1-15-13(14)9-7-12(8-10-13)11-5-3-2-4-6-11/h2-10,12H,1H3. The van der Waals surface area contributed by atoms with E-state index in [2.05, 4.69) is 24.3 Å². The van der Waals surface area contributed by atoms with Gasteiger partial charge in [-0.15, -0.1) is 0 Å². The molecule has 0 bridgehead atoms. The van der Waals surface area contributed by atoms with Gasteiger partial charge in [0.1, 0.15) is 0 Å². The van der Waals surface area contributed by atoms with Gasteiger partial charge in [-0.1, -0.05) is 54.1 Å². The van der Waals surface area contributed by atoms with E-state index in [1.807, 2.05) is 30.4 Å². The van der Waals surface area contributed by atoms with Crippen LogP contribution in [0.25, 0.3) is 0 Å². The maximum atomic E-state index is 6.12. The molecule has 1 nitrogen and oxygen atoms in total. The number of benzene rings is 1. The molecule has 0 aliphatic heterocycles. The Morgan fingerprint density at radius 1 is 1.13 bits per heavy atom. The highest BCUT2D eigenvalue weighted by molar-refractivity contribution is 6.25. The average molecular weight is 221 g/mol. The van der Waals surface area contributed by atoms with Gasteiger partial charge in [-0.2, -0.15) is 0 Å². The van der Waals surface area contributed by atoms with Crippen LogP contribution in [-0.2, 0) is 4.74 Å².